The Bertz CT molecular complexity index is 968. The third-order valence-corrected chi connectivity index (χ3v) is 6.57. The van der Waals surface area contributed by atoms with Crippen molar-refractivity contribution >= 4 is 5.91 Å². The lowest BCUT2D eigenvalue weighted by atomic mass is 10.0. The summed E-state index contributed by atoms with van der Waals surface area (Å²) < 4.78 is 30.3. The van der Waals surface area contributed by atoms with E-state index in [-0.39, 0.29) is 24.9 Å². The summed E-state index contributed by atoms with van der Waals surface area (Å²) in [4.78, 5) is 18.2. The summed E-state index contributed by atoms with van der Waals surface area (Å²) in [5.41, 5.74) is -0.173. The van der Waals surface area contributed by atoms with Crippen molar-refractivity contribution in [3.05, 3.63) is 59.9 Å². The van der Waals surface area contributed by atoms with Gasteiger partial charge in [-0.3, -0.25) is 14.6 Å². The number of β-amino-alcohol motifs (C(OH)–C–C–N with tert-alkyl or cyclic N) is 1. The normalized spacial score (nSPS) is 21.7. The first-order valence-electron chi connectivity index (χ1n) is 12.5. The van der Waals surface area contributed by atoms with Crippen molar-refractivity contribution in [3.63, 3.8) is 0 Å². The second-order valence-electron chi connectivity index (χ2n) is 9.56. The summed E-state index contributed by atoms with van der Waals surface area (Å²) in [6, 6.07) is 13.7. The van der Waals surface area contributed by atoms with Gasteiger partial charge in [0.05, 0.1) is 19.8 Å². The quantitative estimate of drug-likeness (QED) is 0.564. The van der Waals surface area contributed by atoms with Crippen LogP contribution in [0.5, 0.6) is 11.5 Å². The average molecular weight is 502 g/mol. The summed E-state index contributed by atoms with van der Waals surface area (Å²) in [5, 5.41) is 11.4. The zero-order chi connectivity index (χ0) is 25.4. The predicted octanol–water partition coefficient (Wildman–Crippen LogP) is 2.01. The third-order valence-electron chi connectivity index (χ3n) is 6.57. The lowest BCUT2D eigenvalue weighted by Crippen LogP contribution is -2.51. The molecule has 196 valence electrons. The minimum Gasteiger partial charge on any atom is -0.492 e. The maximum Gasteiger partial charge on any atom is 0.219 e. The van der Waals surface area contributed by atoms with Crippen molar-refractivity contribution in [1.82, 2.24) is 14.7 Å². The van der Waals surface area contributed by atoms with E-state index in [4.69, 9.17) is 14.2 Å². The highest BCUT2D eigenvalue weighted by atomic mass is 19.1. The average Bonchev–Trinajstić information content (AvgIpc) is 3.04. The van der Waals surface area contributed by atoms with Crippen LogP contribution in [0.15, 0.2) is 48.5 Å². The molecule has 0 spiro atoms. The van der Waals surface area contributed by atoms with Crippen LogP contribution in [-0.4, -0.2) is 104 Å². The van der Waals surface area contributed by atoms with Crippen molar-refractivity contribution in [1.29, 1.82) is 0 Å². The second kappa shape index (κ2) is 12.5. The summed E-state index contributed by atoms with van der Waals surface area (Å²) in [6.07, 6.45) is 0. The maximum atomic E-state index is 13.2. The molecule has 9 heteroatoms. The minimum absolute atomic E-state index is 0.00513. The summed E-state index contributed by atoms with van der Waals surface area (Å²) in [6.45, 7) is 8.77. The van der Waals surface area contributed by atoms with Crippen LogP contribution in [0.4, 0.5) is 4.39 Å². The molecule has 0 bridgehead atoms. The van der Waals surface area contributed by atoms with E-state index in [2.05, 4.69) is 9.80 Å². The fourth-order valence-electron chi connectivity index (χ4n) is 4.55. The lowest BCUT2D eigenvalue weighted by molar-refractivity contribution is -0.132. The van der Waals surface area contributed by atoms with Crippen molar-refractivity contribution < 1.29 is 28.5 Å². The first-order chi connectivity index (χ1) is 17.4. The van der Waals surface area contributed by atoms with Crippen LogP contribution in [0, 0.1) is 5.82 Å². The molecule has 36 heavy (non-hydrogen) atoms. The van der Waals surface area contributed by atoms with Crippen molar-refractivity contribution in [2.45, 2.75) is 19.1 Å². The Morgan fingerprint density at radius 2 is 1.61 bits per heavy atom. The molecule has 2 aliphatic rings. The fraction of sp³-hybridized carbons (Fsp3) is 0.519. The number of carbonyl (C=O) groups is 1. The van der Waals surface area contributed by atoms with Crippen molar-refractivity contribution in [3.8, 4) is 11.5 Å². The fourth-order valence-corrected chi connectivity index (χ4v) is 4.55. The van der Waals surface area contributed by atoms with Crippen LogP contribution in [0.3, 0.4) is 0 Å². The van der Waals surface area contributed by atoms with Gasteiger partial charge in [0.25, 0.3) is 0 Å². The molecule has 2 heterocycles. The molecule has 1 amide bonds. The number of rotatable bonds is 9. The Hall–Kier alpha value is -2.72. The van der Waals surface area contributed by atoms with E-state index in [1.165, 1.54) is 31.2 Å². The smallest absolute Gasteiger partial charge is 0.219 e. The molecular formula is C27H36FN3O5. The van der Waals surface area contributed by atoms with Gasteiger partial charge < -0.3 is 24.2 Å². The van der Waals surface area contributed by atoms with Crippen molar-refractivity contribution in [2.75, 3.05) is 72.2 Å². The number of hydrogen-bond donors (Lipinski definition) is 1. The predicted molar refractivity (Wildman–Crippen MR) is 134 cm³/mol. The molecule has 0 radical (unpaired) electrons. The van der Waals surface area contributed by atoms with E-state index in [1.54, 1.807) is 4.90 Å². The molecule has 1 N–H and O–H groups in total. The zero-order valence-corrected chi connectivity index (χ0v) is 20.9. The summed E-state index contributed by atoms with van der Waals surface area (Å²) in [7, 11) is 0. The number of nitrogens with zero attached hydrogens (tertiary/aromatic N) is 3. The van der Waals surface area contributed by atoms with Gasteiger partial charge in [-0.2, -0.15) is 0 Å². The van der Waals surface area contributed by atoms with Crippen molar-refractivity contribution in [2.24, 2.45) is 0 Å². The SMILES string of the molecule is CC(=O)N1CCN(Cc2ccc(OCCN3CCOCC3)cc2)CC(O)(COc2ccc(F)cc2)C1. The Kier molecular flexibility index (Phi) is 9.14. The molecule has 0 aliphatic carbocycles. The van der Waals surface area contributed by atoms with Crippen LogP contribution in [-0.2, 0) is 16.1 Å². The van der Waals surface area contributed by atoms with E-state index < -0.39 is 5.60 Å². The Morgan fingerprint density at radius 3 is 2.31 bits per heavy atom. The van der Waals surface area contributed by atoms with Gasteiger partial charge in [-0.05, 0) is 42.0 Å². The highest BCUT2D eigenvalue weighted by molar-refractivity contribution is 5.73. The number of ether oxygens (including phenoxy) is 3. The van der Waals surface area contributed by atoms with Crippen LogP contribution in [0.25, 0.3) is 0 Å². The van der Waals surface area contributed by atoms with Gasteiger partial charge in [-0.1, -0.05) is 12.1 Å². The number of hydrogen-bond acceptors (Lipinski definition) is 7. The lowest BCUT2D eigenvalue weighted by Gasteiger charge is -2.32. The van der Waals surface area contributed by atoms with Gasteiger partial charge in [-0.25, -0.2) is 4.39 Å². The van der Waals surface area contributed by atoms with Crippen LogP contribution < -0.4 is 9.47 Å². The molecular weight excluding hydrogens is 465 g/mol. The Labute approximate surface area is 212 Å². The van der Waals surface area contributed by atoms with E-state index in [9.17, 15) is 14.3 Å². The molecule has 1 unspecified atom stereocenters. The van der Waals surface area contributed by atoms with E-state index in [0.29, 0.717) is 38.5 Å². The van der Waals surface area contributed by atoms with E-state index >= 15 is 0 Å². The van der Waals surface area contributed by atoms with Gasteiger partial charge >= 0.3 is 0 Å². The highest BCUT2D eigenvalue weighted by Crippen LogP contribution is 2.21. The van der Waals surface area contributed by atoms with Gasteiger partial charge in [0.15, 0.2) is 0 Å². The second-order valence-corrected chi connectivity index (χ2v) is 9.56. The molecule has 2 aromatic rings. The minimum atomic E-state index is -1.26. The molecule has 8 nitrogen and oxygen atoms in total. The summed E-state index contributed by atoms with van der Waals surface area (Å²) >= 11 is 0. The first-order valence-corrected chi connectivity index (χ1v) is 12.5. The Morgan fingerprint density at radius 1 is 0.944 bits per heavy atom. The number of morpholine rings is 1. The number of benzene rings is 2. The number of halogens is 1. The standard InChI is InChI=1S/C27H36FN3O5/c1-22(32)31-11-10-30(19-27(33,20-31)21-36-26-8-4-24(28)5-9-26)18-23-2-6-25(7-3-23)35-17-14-29-12-15-34-16-13-29/h2-9,33H,10-21H2,1H3. The van der Waals surface area contributed by atoms with Crippen LogP contribution >= 0.6 is 0 Å². The number of carbonyl (C=O) groups excluding carboxylic acids is 1. The third kappa shape index (κ3) is 7.89. The monoisotopic (exact) mass is 501 g/mol. The highest BCUT2D eigenvalue weighted by Gasteiger charge is 2.36. The van der Waals surface area contributed by atoms with Crippen LogP contribution in [0.2, 0.25) is 0 Å². The molecule has 0 saturated carbocycles. The van der Waals surface area contributed by atoms with E-state index in [1.807, 2.05) is 24.3 Å². The maximum absolute atomic E-state index is 13.2. The molecule has 2 aromatic carbocycles. The van der Waals surface area contributed by atoms with Gasteiger partial charge in [0, 0.05) is 52.7 Å². The van der Waals surface area contributed by atoms with E-state index in [0.717, 1.165) is 44.2 Å². The van der Waals surface area contributed by atoms with Gasteiger partial charge in [0.2, 0.25) is 5.91 Å². The molecule has 0 aromatic heterocycles. The zero-order valence-electron chi connectivity index (χ0n) is 20.9. The van der Waals surface area contributed by atoms with Crippen LogP contribution in [0.1, 0.15) is 12.5 Å². The largest absolute Gasteiger partial charge is 0.492 e. The Balaban J connectivity index is 1.32. The van der Waals surface area contributed by atoms with Gasteiger partial charge in [0.1, 0.15) is 36.1 Å². The topological polar surface area (TPSA) is 74.7 Å². The molecule has 2 saturated heterocycles. The summed E-state index contributed by atoms with van der Waals surface area (Å²) in [5.74, 6) is 0.864. The molecule has 1 atom stereocenters. The number of aliphatic hydroxyl groups is 1. The first kappa shape index (κ1) is 26.3. The molecule has 2 fully saturated rings. The molecule has 4 rings (SSSR count). The molecule has 2 aliphatic heterocycles. The van der Waals surface area contributed by atoms with Gasteiger partial charge in [-0.15, -0.1) is 0 Å². The number of amides is 1.